The Hall–Kier alpha value is -2.07. The highest BCUT2D eigenvalue weighted by molar-refractivity contribution is 6.29. The van der Waals surface area contributed by atoms with Crippen LogP contribution in [-0.2, 0) is 6.54 Å². The van der Waals surface area contributed by atoms with Crippen molar-refractivity contribution in [2.24, 2.45) is 0 Å². The third-order valence-corrected chi connectivity index (χ3v) is 3.47. The van der Waals surface area contributed by atoms with Crippen molar-refractivity contribution in [1.29, 1.82) is 0 Å². The second kappa shape index (κ2) is 4.24. The standard InChI is InChI=1S/C14H12ClN3O/c1-18-7-9-6-8(2-3-10(9)14(18)19)13-11(16)4-5-12(15)17-13/h2-6H,7,16H2,1H3. The fraction of sp³-hybridized carbons (Fsp3) is 0.143. The normalized spacial score (nSPS) is 13.8. The van der Waals surface area contributed by atoms with Crippen molar-refractivity contribution in [2.75, 3.05) is 12.8 Å². The summed E-state index contributed by atoms with van der Waals surface area (Å²) in [5, 5.41) is 0.401. The van der Waals surface area contributed by atoms with Crippen molar-refractivity contribution in [3.05, 3.63) is 46.6 Å². The molecule has 0 fully saturated rings. The molecule has 4 nitrogen and oxygen atoms in total. The molecule has 5 heteroatoms. The molecule has 3 rings (SSSR count). The van der Waals surface area contributed by atoms with Crippen LogP contribution in [0.2, 0.25) is 5.15 Å². The highest BCUT2D eigenvalue weighted by atomic mass is 35.5. The average Bonchev–Trinajstić information content (AvgIpc) is 2.67. The zero-order chi connectivity index (χ0) is 13.6. The van der Waals surface area contributed by atoms with Crippen molar-refractivity contribution < 1.29 is 4.79 Å². The van der Waals surface area contributed by atoms with Crippen molar-refractivity contribution in [2.45, 2.75) is 6.54 Å². The molecule has 0 aliphatic carbocycles. The van der Waals surface area contributed by atoms with E-state index in [1.807, 2.05) is 18.2 Å². The molecule has 1 aromatic carbocycles. The largest absolute Gasteiger partial charge is 0.397 e. The predicted octanol–water partition coefficient (Wildman–Crippen LogP) is 2.57. The lowest BCUT2D eigenvalue weighted by Crippen LogP contribution is -2.17. The summed E-state index contributed by atoms with van der Waals surface area (Å²) in [6.45, 7) is 0.614. The highest BCUT2D eigenvalue weighted by Gasteiger charge is 2.24. The summed E-state index contributed by atoms with van der Waals surface area (Å²) >= 11 is 5.90. The molecular weight excluding hydrogens is 262 g/mol. The maximum atomic E-state index is 11.8. The van der Waals surface area contributed by atoms with Gasteiger partial charge >= 0.3 is 0 Å². The maximum Gasteiger partial charge on any atom is 0.254 e. The fourth-order valence-electron chi connectivity index (χ4n) is 2.29. The molecule has 0 bridgehead atoms. The lowest BCUT2D eigenvalue weighted by atomic mass is 10.0. The maximum absolute atomic E-state index is 11.8. The molecule has 0 unspecified atom stereocenters. The SMILES string of the molecule is CN1Cc2cc(-c3nc(Cl)ccc3N)ccc2C1=O. The Morgan fingerprint density at radius 3 is 2.89 bits per heavy atom. The van der Waals surface area contributed by atoms with Gasteiger partial charge in [-0.05, 0) is 29.8 Å². The molecule has 1 aliphatic rings. The molecule has 0 saturated heterocycles. The summed E-state index contributed by atoms with van der Waals surface area (Å²) in [4.78, 5) is 17.8. The minimum atomic E-state index is 0.0496. The quantitative estimate of drug-likeness (QED) is 0.813. The first-order valence-electron chi connectivity index (χ1n) is 5.87. The average molecular weight is 274 g/mol. The van der Waals surface area contributed by atoms with Gasteiger partial charge in [0, 0.05) is 24.7 Å². The number of nitrogen functional groups attached to an aromatic ring is 1. The number of halogens is 1. The zero-order valence-electron chi connectivity index (χ0n) is 10.4. The van der Waals surface area contributed by atoms with Crippen LogP contribution in [0.15, 0.2) is 30.3 Å². The summed E-state index contributed by atoms with van der Waals surface area (Å²) in [6, 6.07) is 9.01. The lowest BCUT2D eigenvalue weighted by Gasteiger charge is -2.06. The minimum absolute atomic E-state index is 0.0496. The first-order chi connectivity index (χ1) is 9.06. The van der Waals surface area contributed by atoms with E-state index < -0.39 is 0 Å². The van der Waals surface area contributed by atoms with Gasteiger partial charge in [0.05, 0.1) is 11.4 Å². The Balaban J connectivity index is 2.11. The van der Waals surface area contributed by atoms with Gasteiger partial charge in [0.1, 0.15) is 5.15 Å². The first kappa shape index (κ1) is 12.0. The van der Waals surface area contributed by atoms with Gasteiger partial charge < -0.3 is 10.6 Å². The number of pyridine rings is 1. The van der Waals surface area contributed by atoms with Crippen molar-refractivity contribution in [3.63, 3.8) is 0 Å². The van der Waals surface area contributed by atoms with E-state index in [2.05, 4.69) is 4.98 Å². The number of carbonyl (C=O) groups excluding carboxylic acids is 1. The van der Waals surface area contributed by atoms with Crippen LogP contribution in [0.3, 0.4) is 0 Å². The van der Waals surface area contributed by atoms with E-state index >= 15 is 0 Å². The van der Waals surface area contributed by atoms with E-state index in [0.717, 1.165) is 16.7 Å². The van der Waals surface area contributed by atoms with Crippen molar-refractivity contribution >= 4 is 23.2 Å². The smallest absolute Gasteiger partial charge is 0.254 e. The number of nitrogens with two attached hydrogens (primary N) is 1. The molecule has 1 amide bonds. The zero-order valence-corrected chi connectivity index (χ0v) is 11.1. The van der Waals surface area contributed by atoms with Crippen LogP contribution in [0.25, 0.3) is 11.3 Å². The Morgan fingerprint density at radius 1 is 1.32 bits per heavy atom. The van der Waals surface area contributed by atoms with E-state index in [9.17, 15) is 4.79 Å². The second-order valence-corrected chi connectivity index (χ2v) is 4.99. The molecule has 0 spiro atoms. The number of fused-ring (bicyclic) bond motifs is 1. The Labute approximate surface area is 115 Å². The molecule has 1 aromatic heterocycles. The molecule has 1 aliphatic heterocycles. The van der Waals surface area contributed by atoms with Crippen LogP contribution < -0.4 is 5.73 Å². The topological polar surface area (TPSA) is 59.2 Å². The third-order valence-electron chi connectivity index (χ3n) is 3.26. The van der Waals surface area contributed by atoms with E-state index in [1.54, 1.807) is 24.1 Å². The lowest BCUT2D eigenvalue weighted by molar-refractivity contribution is 0.0816. The van der Waals surface area contributed by atoms with Crippen LogP contribution in [-0.4, -0.2) is 22.8 Å². The van der Waals surface area contributed by atoms with E-state index in [1.165, 1.54) is 0 Å². The first-order valence-corrected chi connectivity index (χ1v) is 6.25. The highest BCUT2D eigenvalue weighted by Crippen LogP contribution is 2.30. The predicted molar refractivity (Wildman–Crippen MR) is 74.9 cm³/mol. The summed E-state index contributed by atoms with van der Waals surface area (Å²) in [7, 11) is 1.79. The monoisotopic (exact) mass is 273 g/mol. The number of benzene rings is 1. The van der Waals surface area contributed by atoms with Gasteiger partial charge in [0.2, 0.25) is 0 Å². The van der Waals surface area contributed by atoms with Crippen LogP contribution >= 0.6 is 11.6 Å². The van der Waals surface area contributed by atoms with Crippen LogP contribution in [0, 0.1) is 0 Å². The fourth-order valence-corrected chi connectivity index (χ4v) is 2.44. The number of aromatic nitrogens is 1. The Morgan fingerprint density at radius 2 is 2.11 bits per heavy atom. The molecule has 96 valence electrons. The Kier molecular flexibility index (Phi) is 2.68. The number of amides is 1. The molecule has 2 heterocycles. The van der Waals surface area contributed by atoms with Crippen LogP contribution in [0.1, 0.15) is 15.9 Å². The number of anilines is 1. The van der Waals surface area contributed by atoms with Crippen molar-refractivity contribution in [3.8, 4) is 11.3 Å². The van der Waals surface area contributed by atoms with E-state index in [0.29, 0.717) is 23.1 Å². The van der Waals surface area contributed by atoms with Gasteiger partial charge in [-0.1, -0.05) is 17.7 Å². The van der Waals surface area contributed by atoms with Gasteiger partial charge in [0.25, 0.3) is 5.91 Å². The Bertz CT molecular complexity index is 684. The van der Waals surface area contributed by atoms with Gasteiger partial charge in [-0.3, -0.25) is 4.79 Å². The summed E-state index contributed by atoms with van der Waals surface area (Å²) in [5.74, 6) is 0.0496. The number of hydrogen-bond acceptors (Lipinski definition) is 3. The third kappa shape index (κ3) is 1.94. The molecule has 2 aromatic rings. The minimum Gasteiger partial charge on any atom is -0.397 e. The van der Waals surface area contributed by atoms with Gasteiger partial charge in [0.15, 0.2) is 0 Å². The molecule has 0 atom stereocenters. The van der Waals surface area contributed by atoms with Crippen LogP contribution in [0.5, 0.6) is 0 Å². The summed E-state index contributed by atoms with van der Waals surface area (Å²) in [6.07, 6.45) is 0. The number of nitrogens with zero attached hydrogens (tertiary/aromatic N) is 2. The number of carbonyl (C=O) groups is 1. The molecule has 2 N–H and O–H groups in total. The molecule has 0 saturated carbocycles. The van der Waals surface area contributed by atoms with Crippen LogP contribution in [0.4, 0.5) is 5.69 Å². The number of rotatable bonds is 1. The van der Waals surface area contributed by atoms with Gasteiger partial charge in [-0.25, -0.2) is 4.98 Å². The summed E-state index contributed by atoms with van der Waals surface area (Å²) in [5.41, 5.74) is 9.76. The molecular formula is C14H12ClN3O. The van der Waals surface area contributed by atoms with E-state index in [4.69, 9.17) is 17.3 Å². The summed E-state index contributed by atoms with van der Waals surface area (Å²) < 4.78 is 0. The number of hydrogen-bond donors (Lipinski definition) is 1. The van der Waals surface area contributed by atoms with Gasteiger partial charge in [-0.15, -0.1) is 0 Å². The molecule has 0 radical (unpaired) electrons. The van der Waals surface area contributed by atoms with Gasteiger partial charge in [-0.2, -0.15) is 0 Å². The molecule has 19 heavy (non-hydrogen) atoms. The van der Waals surface area contributed by atoms with Crippen molar-refractivity contribution in [1.82, 2.24) is 9.88 Å². The second-order valence-electron chi connectivity index (χ2n) is 4.60. The van der Waals surface area contributed by atoms with E-state index in [-0.39, 0.29) is 5.91 Å².